The third-order valence-electron chi connectivity index (χ3n) is 2.51. The molecule has 0 aromatic heterocycles. The van der Waals surface area contributed by atoms with E-state index in [1.54, 1.807) is 14.2 Å². The molecular weight excluding hydrogens is 298 g/mol. The number of hydrogen-bond acceptors (Lipinski definition) is 3. The Morgan fingerprint density at radius 2 is 1.89 bits per heavy atom. The number of amides is 1. The van der Waals surface area contributed by atoms with E-state index in [-0.39, 0.29) is 5.91 Å². The molecule has 1 amide bonds. The molecule has 1 rings (SSSR count). The molecule has 1 N–H and O–H groups in total. The molecule has 1 aromatic carbocycles. The minimum absolute atomic E-state index is 0.0548. The predicted octanol–water partition coefficient (Wildman–Crippen LogP) is 2.88. The van der Waals surface area contributed by atoms with Gasteiger partial charge in [0.2, 0.25) is 5.91 Å². The van der Waals surface area contributed by atoms with Crippen LogP contribution in [-0.4, -0.2) is 20.1 Å². The number of halogens is 1. The van der Waals surface area contributed by atoms with Crippen molar-refractivity contribution in [1.29, 1.82) is 0 Å². The average molecular weight is 316 g/mol. The van der Waals surface area contributed by atoms with Gasteiger partial charge in [-0.2, -0.15) is 0 Å². The van der Waals surface area contributed by atoms with Crippen molar-refractivity contribution in [3.8, 4) is 11.5 Å². The first-order valence-electron chi connectivity index (χ1n) is 5.79. The summed E-state index contributed by atoms with van der Waals surface area (Å²) in [7, 11) is 3.18. The van der Waals surface area contributed by atoms with Crippen LogP contribution in [0.2, 0.25) is 0 Å². The van der Waals surface area contributed by atoms with Crippen molar-refractivity contribution in [2.45, 2.75) is 26.3 Å². The third-order valence-corrected chi connectivity index (χ3v) is 3.24. The first kappa shape index (κ1) is 14.8. The Balaban J connectivity index is 2.79. The molecule has 0 saturated heterocycles. The van der Waals surface area contributed by atoms with E-state index in [4.69, 9.17) is 9.47 Å². The number of carbonyl (C=O) groups is 1. The topological polar surface area (TPSA) is 47.6 Å². The van der Waals surface area contributed by atoms with E-state index < -0.39 is 0 Å². The third kappa shape index (κ3) is 3.91. The number of carbonyl (C=O) groups excluding carboxylic acids is 1. The Morgan fingerprint density at radius 1 is 1.28 bits per heavy atom. The van der Waals surface area contributed by atoms with Gasteiger partial charge < -0.3 is 14.8 Å². The van der Waals surface area contributed by atoms with Gasteiger partial charge >= 0.3 is 0 Å². The van der Waals surface area contributed by atoms with Crippen LogP contribution in [0.1, 0.15) is 25.3 Å². The quantitative estimate of drug-likeness (QED) is 0.878. The molecule has 100 valence electrons. The van der Waals surface area contributed by atoms with Gasteiger partial charge in [-0.1, -0.05) is 22.9 Å². The SMILES string of the molecule is CCCC(=O)NCc1cc(OC)c(OC)cc1Br. The van der Waals surface area contributed by atoms with Gasteiger partial charge in [-0.05, 0) is 24.1 Å². The Morgan fingerprint density at radius 3 is 2.44 bits per heavy atom. The van der Waals surface area contributed by atoms with Crippen LogP contribution in [0.3, 0.4) is 0 Å². The lowest BCUT2D eigenvalue weighted by molar-refractivity contribution is -0.121. The van der Waals surface area contributed by atoms with Crippen LogP contribution in [0.25, 0.3) is 0 Å². The first-order chi connectivity index (χ1) is 8.62. The molecule has 0 aliphatic heterocycles. The second-order valence-corrected chi connectivity index (χ2v) is 4.68. The van der Waals surface area contributed by atoms with E-state index >= 15 is 0 Å². The van der Waals surface area contributed by atoms with Gasteiger partial charge in [0.05, 0.1) is 14.2 Å². The molecule has 0 aliphatic carbocycles. The molecule has 0 atom stereocenters. The molecule has 5 heteroatoms. The lowest BCUT2D eigenvalue weighted by Gasteiger charge is -2.12. The Kier molecular flexibility index (Phi) is 5.98. The highest BCUT2D eigenvalue weighted by atomic mass is 79.9. The highest BCUT2D eigenvalue weighted by Crippen LogP contribution is 2.33. The highest BCUT2D eigenvalue weighted by Gasteiger charge is 2.10. The lowest BCUT2D eigenvalue weighted by atomic mass is 10.2. The van der Waals surface area contributed by atoms with Gasteiger partial charge in [-0.3, -0.25) is 4.79 Å². The van der Waals surface area contributed by atoms with Crippen LogP contribution in [0.15, 0.2) is 16.6 Å². The zero-order chi connectivity index (χ0) is 13.5. The minimum Gasteiger partial charge on any atom is -0.493 e. The Labute approximate surface area is 116 Å². The van der Waals surface area contributed by atoms with Crippen molar-refractivity contribution >= 4 is 21.8 Å². The summed E-state index contributed by atoms with van der Waals surface area (Å²) in [6.45, 7) is 2.45. The van der Waals surface area contributed by atoms with Gasteiger partial charge in [0.25, 0.3) is 0 Å². The van der Waals surface area contributed by atoms with E-state index in [0.717, 1.165) is 16.5 Å². The summed E-state index contributed by atoms with van der Waals surface area (Å²) in [5, 5.41) is 2.86. The van der Waals surface area contributed by atoms with E-state index in [1.807, 2.05) is 19.1 Å². The fourth-order valence-corrected chi connectivity index (χ4v) is 2.00. The van der Waals surface area contributed by atoms with Crippen molar-refractivity contribution in [2.75, 3.05) is 14.2 Å². The van der Waals surface area contributed by atoms with Gasteiger partial charge in [-0.15, -0.1) is 0 Å². The van der Waals surface area contributed by atoms with Crippen molar-refractivity contribution < 1.29 is 14.3 Å². The summed E-state index contributed by atoms with van der Waals surface area (Å²) < 4.78 is 11.3. The maximum Gasteiger partial charge on any atom is 0.220 e. The molecule has 0 heterocycles. The average Bonchev–Trinajstić information content (AvgIpc) is 2.37. The second kappa shape index (κ2) is 7.26. The molecule has 0 aliphatic rings. The smallest absolute Gasteiger partial charge is 0.220 e. The number of ether oxygens (including phenoxy) is 2. The van der Waals surface area contributed by atoms with Crippen LogP contribution in [-0.2, 0) is 11.3 Å². The number of nitrogens with one attached hydrogen (secondary N) is 1. The first-order valence-corrected chi connectivity index (χ1v) is 6.58. The second-order valence-electron chi connectivity index (χ2n) is 3.83. The summed E-state index contributed by atoms with van der Waals surface area (Å²) in [5.41, 5.74) is 0.956. The fourth-order valence-electron chi connectivity index (χ4n) is 1.54. The molecule has 18 heavy (non-hydrogen) atoms. The number of hydrogen-bond donors (Lipinski definition) is 1. The van der Waals surface area contributed by atoms with Crippen molar-refractivity contribution in [3.63, 3.8) is 0 Å². The monoisotopic (exact) mass is 315 g/mol. The summed E-state index contributed by atoms with van der Waals surface area (Å²) in [6.07, 6.45) is 1.39. The van der Waals surface area contributed by atoms with Crippen LogP contribution in [0.4, 0.5) is 0 Å². The maximum absolute atomic E-state index is 11.4. The largest absolute Gasteiger partial charge is 0.493 e. The van der Waals surface area contributed by atoms with E-state index in [0.29, 0.717) is 24.5 Å². The zero-order valence-electron chi connectivity index (χ0n) is 10.9. The Bertz CT molecular complexity index is 421. The lowest BCUT2D eigenvalue weighted by Crippen LogP contribution is -2.22. The van der Waals surface area contributed by atoms with Gasteiger partial charge in [0.15, 0.2) is 11.5 Å². The van der Waals surface area contributed by atoms with Crippen molar-refractivity contribution in [2.24, 2.45) is 0 Å². The van der Waals surface area contributed by atoms with Crippen LogP contribution >= 0.6 is 15.9 Å². The van der Waals surface area contributed by atoms with Crippen LogP contribution < -0.4 is 14.8 Å². The number of benzene rings is 1. The van der Waals surface area contributed by atoms with Crippen molar-refractivity contribution in [1.82, 2.24) is 5.32 Å². The van der Waals surface area contributed by atoms with Crippen molar-refractivity contribution in [3.05, 3.63) is 22.2 Å². The minimum atomic E-state index is 0.0548. The van der Waals surface area contributed by atoms with Crippen LogP contribution in [0.5, 0.6) is 11.5 Å². The van der Waals surface area contributed by atoms with Crippen LogP contribution in [0, 0.1) is 0 Å². The number of methoxy groups -OCH3 is 2. The van der Waals surface area contributed by atoms with E-state index in [2.05, 4.69) is 21.2 Å². The van der Waals surface area contributed by atoms with Gasteiger partial charge in [0.1, 0.15) is 0 Å². The molecule has 0 fully saturated rings. The highest BCUT2D eigenvalue weighted by molar-refractivity contribution is 9.10. The molecule has 4 nitrogen and oxygen atoms in total. The van der Waals surface area contributed by atoms with E-state index in [1.165, 1.54) is 0 Å². The normalized spacial score (nSPS) is 10.0. The summed E-state index contributed by atoms with van der Waals surface area (Å²) in [6, 6.07) is 3.69. The molecule has 0 radical (unpaired) electrons. The molecule has 1 aromatic rings. The summed E-state index contributed by atoms with van der Waals surface area (Å²) >= 11 is 3.45. The molecule has 0 unspecified atom stereocenters. The molecule has 0 bridgehead atoms. The zero-order valence-corrected chi connectivity index (χ0v) is 12.5. The summed E-state index contributed by atoms with van der Waals surface area (Å²) in [4.78, 5) is 11.4. The molecular formula is C13H18BrNO3. The number of rotatable bonds is 6. The molecule has 0 saturated carbocycles. The van der Waals surface area contributed by atoms with E-state index in [9.17, 15) is 4.79 Å². The Hall–Kier alpha value is -1.23. The fraction of sp³-hybridized carbons (Fsp3) is 0.462. The predicted molar refractivity (Wildman–Crippen MR) is 74.0 cm³/mol. The standard InChI is InChI=1S/C13H18BrNO3/c1-4-5-13(16)15-8-9-6-11(17-2)12(18-3)7-10(9)14/h6-7H,4-5,8H2,1-3H3,(H,15,16). The molecule has 0 spiro atoms. The summed E-state index contributed by atoms with van der Waals surface area (Å²) in [5.74, 6) is 1.37. The maximum atomic E-state index is 11.4. The van der Waals surface area contributed by atoms with Gasteiger partial charge in [0, 0.05) is 17.4 Å². The van der Waals surface area contributed by atoms with Gasteiger partial charge in [-0.25, -0.2) is 0 Å².